The fourth-order valence-electron chi connectivity index (χ4n) is 2.32. The zero-order valence-corrected chi connectivity index (χ0v) is 10.9. The SMILES string of the molecule is CN(C)CCCN(C)C[C@H]1CCCN1C. The zero-order chi connectivity index (χ0) is 11.3. The van der Waals surface area contributed by atoms with E-state index in [1.807, 2.05) is 0 Å². The summed E-state index contributed by atoms with van der Waals surface area (Å²) in [6, 6.07) is 0.800. The van der Waals surface area contributed by atoms with Crippen molar-refractivity contribution in [3.05, 3.63) is 0 Å². The highest BCUT2D eigenvalue weighted by atomic mass is 15.2. The molecule has 1 heterocycles. The van der Waals surface area contributed by atoms with Crippen LogP contribution in [0.1, 0.15) is 19.3 Å². The highest BCUT2D eigenvalue weighted by Gasteiger charge is 2.21. The van der Waals surface area contributed by atoms with Crippen molar-refractivity contribution in [2.24, 2.45) is 0 Å². The quantitative estimate of drug-likeness (QED) is 0.651. The molecule has 1 rings (SSSR count). The van der Waals surface area contributed by atoms with E-state index in [4.69, 9.17) is 0 Å². The Kier molecular flexibility index (Phi) is 5.58. The van der Waals surface area contributed by atoms with Gasteiger partial charge in [0, 0.05) is 12.6 Å². The third kappa shape index (κ3) is 4.96. The van der Waals surface area contributed by atoms with Gasteiger partial charge >= 0.3 is 0 Å². The Morgan fingerprint density at radius 3 is 2.47 bits per heavy atom. The summed E-state index contributed by atoms with van der Waals surface area (Å²) in [7, 11) is 8.79. The first kappa shape index (κ1) is 12.9. The van der Waals surface area contributed by atoms with Crippen molar-refractivity contribution in [2.75, 3.05) is 54.4 Å². The third-order valence-corrected chi connectivity index (χ3v) is 3.34. The van der Waals surface area contributed by atoms with Crippen molar-refractivity contribution in [3.63, 3.8) is 0 Å². The van der Waals surface area contributed by atoms with Crippen LogP contribution >= 0.6 is 0 Å². The minimum atomic E-state index is 0.800. The molecule has 0 spiro atoms. The number of hydrogen-bond acceptors (Lipinski definition) is 3. The lowest BCUT2D eigenvalue weighted by Crippen LogP contribution is -2.37. The summed E-state index contributed by atoms with van der Waals surface area (Å²) < 4.78 is 0. The van der Waals surface area contributed by atoms with Gasteiger partial charge in [0.2, 0.25) is 0 Å². The number of nitrogens with zero attached hydrogens (tertiary/aromatic N) is 3. The smallest absolute Gasteiger partial charge is 0.0220 e. The minimum absolute atomic E-state index is 0.800. The van der Waals surface area contributed by atoms with Crippen LogP contribution < -0.4 is 0 Å². The average molecular weight is 213 g/mol. The lowest BCUT2D eigenvalue weighted by Gasteiger charge is -2.26. The van der Waals surface area contributed by atoms with E-state index in [2.05, 4.69) is 42.9 Å². The van der Waals surface area contributed by atoms with Gasteiger partial charge in [0.05, 0.1) is 0 Å². The van der Waals surface area contributed by atoms with Crippen LogP contribution in [-0.2, 0) is 0 Å². The summed E-state index contributed by atoms with van der Waals surface area (Å²) in [5, 5.41) is 0. The molecule has 0 radical (unpaired) electrons. The lowest BCUT2D eigenvalue weighted by atomic mass is 10.2. The van der Waals surface area contributed by atoms with Crippen LogP contribution in [0.5, 0.6) is 0 Å². The Hall–Kier alpha value is -0.120. The van der Waals surface area contributed by atoms with Crippen molar-refractivity contribution < 1.29 is 0 Å². The first-order valence-electron chi connectivity index (χ1n) is 6.13. The zero-order valence-electron chi connectivity index (χ0n) is 10.9. The van der Waals surface area contributed by atoms with Crippen LogP contribution in [0.25, 0.3) is 0 Å². The fourth-order valence-corrected chi connectivity index (χ4v) is 2.32. The van der Waals surface area contributed by atoms with E-state index < -0.39 is 0 Å². The van der Waals surface area contributed by atoms with Crippen LogP contribution in [0.3, 0.4) is 0 Å². The molecule has 0 unspecified atom stereocenters. The maximum absolute atomic E-state index is 2.50. The maximum Gasteiger partial charge on any atom is 0.0220 e. The number of likely N-dealkylation sites (N-methyl/N-ethyl adjacent to an activating group) is 2. The molecule has 3 nitrogen and oxygen atoms in total. The van der Waals surface area contributed by atoms with Gasteiger partial charge in [0.25, 0.3) is 0 Å². The summed E-state index contributed by atoms with van der Waals surface area (Å²) in [5.74, 6) is 0. The van der Waals surface area contributed by atoms with Crippen molar-refractivity contribution in [1.82, 2.24) is 14.7 Å². The standard InChI is InChI=1S/C12H27N3/c1-13(2)8-6-9-14(3)11-12-7-5-10-15(12)4/h12H,5-11H2,1-4H3/t12-/m1/s1. The molecule has 1 atom stereocenters. The molecule has 0 N–H and O–H groups in total. The highest BCUT2D eigenvalue weighted by molar-refractivity contribution is 4.78. The normalized spacial score (nSPS) is 23.2. The minimum Gasteiger partial charge on any atom is -0.309 e. The molecular formula is C12H27N3. The maximum atomic E-state index is 2.50. The van der Waals surface area contributed by atoms with Crippen molar-refractivity contribution >= 4 is 0 Å². The highest BCUT2D eigenvalue weighted by Crippen LogP contribution is 2.15. The lowest BCUT2D eigenvalue weighted by molar-refractivity contribution is 0.213. The van der Waals surface area contributed by atoms with Gasteiger partial charge in [-0.1, -0.05) is 0 Å². The van der Waals surface area contributed by atoms with Gasteiger partial charge in [-0.3, -0.25) is 0 Å². The molecular weight excluding hydrogens is 186 g/mol. The Morgan fingerprint density at radius 1 is 1.20 bits per heavy atom. The summed E-state index contributed by atoms with van der Waals surface area (Å²) in [6.07, 6.45) is 4.04. The van der Waals surface area contributed by atoms with Crippen LogP contribution in [0.4, 0.5) is 0 Å². The molecule has 1 aliphatic rings. The van der Waals surface area contributed by atoms with Gasteiger partial charge in [0.15, 0.2) is 0 Å². The van der Waals surface area contributed by atoms with Gasteiger partial charge in [-0.15, -0.1) is 0 Å². The predicted molar refractivity (Wildman–Crippen MR) is 66.3 cm³/mol. The van der Waals surface area contributed by atoms with Crippen LogP contribution in [0, 0.1) is 0 Å². The molecule has 90 valence electrons. The molecule has 0 aromatic rings. The Labute approximate surface area is 95.0 Å². The van der Waals surface area contributed by atoms with Crippen LogP contribution in [-0.4, -0.2) is 75.1 Å². The molecule has 0 aromatic heterocycles. The van der Waals surface area contributed by atoms with E-state index in [-0.39, 0.29) is 0 Å². The number of hydrogen-bond donors (Lipinski definition) is 0. The van der Waals surface area contributed by atoms with Crippen molar-refractivity contribution in [3.8, 4) is 0 Å². The van der Waals surface area contributed by atoms with E-state index in [1.165, 1.54) is 45.4 Å². The molecule has 0 amide bonds. The van der Waals surface area contributed by atoms with Gasteiger partial charge in [-0.25, -0.2) is 0 Å². The number of likely N-dealkylation sites (tertiary alicyclic amines) is 1. The predicted octanol–water partition coefficient (Wildman–Crippen LogP) is 0.964. The van der Waals surface area contributed by atoms with Crippen LogP contribution in [0.15, 0.2) is 0 Å². The Morgan fingerprint density at radius 2 is 1.93 bits per heavy atom. The molecule has 1 saturated heterocycles. The largest absolute Gasteiger partial charge is 0.309 e. The first-order valence-corrected chi connectivity index (χ1v) is 6.13. The summed E-state index contributed by atoms with van der Waals surface area (Å²) in [6.45, 7) is 4.95. The van der Waals surface area contributed by atoms with Gasteiger partial charge in [0.1, 0.15) is 0 Å². The summed E-state index contributed by atoms with van der Waals surface area (Å²) in [4.78, 5) is 7.24. The molecule has 0 aromatic carbocycles. The Bertz CT molecular complexity index is 170. The summed E-state index contributed by atoms with van der Waals surface area (Å²) in [5.41, 5.74) is 0. The molecule has 0 saturated carbocycles. The van der Waals surface area contributed by atoms with E-state index in [0.29, 0.717) is 0 Å². The molecule has 0 bridgehead atoms. The van der Waals surface area contributed by atoms with E-state index in [1.54, 1.807) is 0 Å². The van der Waals surface area contributed by atoms with Gasteiger partial charge in [-0.05, 0) is 67.1 Å². The fraction of sp³-hybridized carbons (Fsp3) is 1.00. The third-order valence-electron chi connectivity index (χ3n) is 3.34. The average Bonchev–Trinajstić information content (AvgIpc) is 2.51. The van der Waals surface area contributed by atoms with E-state index >= 15 is 0 Å². The van der Waals surface area contributed by atoms with E-state index in [0.717, 1.165) is 6.04 Å². The molecule has 15 heavy (non-hydrogen) atoms. The molecule has 0 aliphatic carbocycles. The second-order valence-electron chi connectivity index (χ2n) is 5.20. The second kappa shape index (κ2) is 6.46. The number of rotatable bonds is 6. The van der Waals surface area contributed by atoms with E-state index in [9.17, 15) is 0 Å². The van der Waals surface area contributed by atoms with Crippen molar-refractivity contribution in [2.45, 2.75) is 25.3 Å². The molecule has 1 aliphatic heterocycles. The second-order valence-corrected chi connectivity index (χ2v) is 5.20. The van der Waals surface area contributed by atoms with Gasteiger partial charge < -0.3 is 14.7 Å². The van der Waals surface area contributed by atoms with Crippen molar-refractivity contribution in [1.29, 1.82) is 0 Å². The molecule has 1 fully saturated rings. The molecule has 3 heteroatoms. The first-order chi connectivity index (χ1) is 7.09. The topological polar surface area (TPSA) is 9.72 Å². The Balaban J connectivity index is 2.09. The monoisotopic (exact) mass is 213 g/mol. The van der Waals surface area contributed by atoms with Gasteiger partial charge in [-0.2, -0.15) is 0 Å². The van der Waals surface area contributed by atoms with Crippen LogP contribution in [0.2, 0.25) is 0 Å². The summed E-state index contributed by atoms with van der Waals surface area (Å²) >= 11 is 0.